The normalized spacial score (nSPS) is 10.9. The Morgan fingerprint density at radius 1 is 1.13 bits per heavy atom. The Labute approximate surface area is 226 Å². The Hall–Kier alpha value is -4.26. The molecule has 1 heterocycles. The fourth-order valence-corrected chi connectivity index (χ4v) is 3.64. The van der Waals surface area contributed by atoms with Gasteiger partial charge in [-0.15, -0.1) is 6.42 Å². The van der Waals surface area contributed by atoms with E-state index in [1.165, 1.54) is 36.5 Å². The van der Waals surface area contributed by atoms with E-state index in [0.717, 1.165) is 24.4 Å². The number of carbonyl (C=O) groups is 2. The number of nitrogens with one attached hydrogen (secondary N) is 1. The maximum absolute atomic E-state index is 15.2. The lowest BCUT2D eigenvalue weighted by Gasteiger charge is -2.22. The molecule has 0 unspecified atom stereocenters. The molecule has 2 amide bonds. The van der Waals surface area contributed by atoms with Gasteiger partial charge in [0.05, 0.1) is 28.2 Å². The van der Waals surface area contributed by atoms with Crippen molar-refractivity contribution in [3.05, 3.63) is 82.3 Å². The number of nitrogens with zero attached hydrogens (tertiary/aromatic N) is 5. The quantitative estimate of drug-likeness (QED) is 0.168. The Bertz CT molecular complexity index is 1350. The molecule has 10 heteroatoms. The van der Waals surface area contributed by atoms with Gasteiger partial charge in [-0.25, -0.2) is 9.37 Å². The molecule has 0 aliphatic rings. The second kappa shape index (κ2) is 13.3. The third-order valence-corrected chi connectivity index (χ3v) is 5.69. The summed E-state index contributed by atoms with van der Waals surface area (Å²) in [5, 5.41) is 9.17. The van der Waals surface area contributed by atoms with Gasteiger partial charge in [0.15, 0.2) is 0 Å². The molecule has 1 aromatic heterocycles. The van der Waals surface area contributed by atoms with Crippen LogP contribution in [0, 0.1) is 18.2 Å². The van der Waals surface area contributed by atoms with Crippen LogP contribution in [0.25, 0.3) is 0 Å². The van der Waals surface area contributed by atoms with Crippen LogP contribution in [0.3, 0.4) is 0 Å². The first-order valence-corrected chi connectivity index (χ1v) is 12.1. The lowest BCUT2D eigenvalue weighted by molar-refractivity contribution is -0.106. The summed E-state index contributed by atoms with van der Waals surface area (Å²) in [5.41, 5.74) is 1.10. The summed E-state index contributed by atoms with van der Waals surface area (Å²) in [6, 6.07) is 12.0. The monoisotopic (exact) mass is 534 g/mol. The van der Waals surface area contributed by atoms with Crippen molar-refractivity contribution in [3.8, 4) is 12.3 Å². The average Bonchev–Trinajstić information content (AvgIpc) is 2.90. The van der Waals surface area contributed by atoms with Gasteiger partial charge >= 0.3 is 0 Å². The molecular formula is C28H28ClFN6O2. The van der Waals surface area contributed by atoms with E-state index in [0.29, 0.717) is 22.6 Å². The van der Waals surface area contributed by atoms with Gasteiger partial charge in [0.25, 0.3) is 5.91 Å². The van der Waals surface area contributed by atoms with Crippen LogP contribution in [-0.2, 0) is 4.79 Å². The van der Waals surface area contributed by atoms with Gasteiger partial charge in [-0.2, -0.15) is 5.10 Å². The predicted molar refractivity (Wildman–Crippen MR) is 150 cm³/mol. The topological polar surface area (TPSA) is 81.1 Å². The summed E-state index contributed by atoms with van der Waals surface area (Å²) in [6.45, 7) is 1.68. The third-order valence-electron chi connectivity index (χ3n) is 5.46. The maximum atomic E-state index is 15.2. The first-order chi connectivity index (χ1) is 18.2. The zero-order chi connectivity index (χ0) is 27.7. The van der Waals surface area contributed by atoms with Crippen LogP contribution in [0.1, 0.15) is 27.9 Å². The van der Waals surface area contributed by atoms with Gasteiger partial charge in [0.1, 0.15) is 11.6 Å². The molecule has 0 spiro atoms. The summed E-state index contributed by atoms with van der Waals surface area (Å²) in [4.78, 5) is 32.5. The lowest BCUT2D eigenvalue weighted by Crippen LogP contribution is -2.22. The molecule has 0 radical (unpaired) electrons. The van der Waals surface area contributed by atoms with Crippen molar-refractivity contribution in [2.24, 2.45) is 5.10 Å². The number of rotatable bonds is 11. The molecule has 0 aliphatic carbocycles. The van der Waals surface area contributed by atoms with Gasteiger partial charge in [0.2, 0.25) is 6.41 Å². The second-order valence-corrected chi connectivity index (χ2v) is 9.10. The zero-order valence-electron chi connectivity index (χ0n) is 21.4. The van der Waals surface area contributed by atoms with Crippen LogP contribution in [0.15, 0.2) is 59.8 Å². The molecule has 1 N–H and O–H groups in total. The lowest BCUT2D eigenvalue weighted by atomic mass is 10.1. The van der Waals surface area contributed by atoms with Crippen LogP contribution in [0.4, 0.5) is 21.6 Å². The highest BCUT2D eigenvalue weighted by molar-refractivity contribution is 6.30. The smallest absolute Gasteiger partial charge is 0.258 e. The summed E-state index contributed by atoms with van der Waals surface area (Å²) in [5.74, 6) is 1.46. The Morgan fingerprint density at radius 3 is 2.53 bits per heavy atom. The molecule has 2 aromatic carbocycles. The molecule has 0 aliphatic heterocycles. The number of hydrazone groups is 1. The highest BCUT2D eigenvalue weighted by Crippen LogP contribution is 2.31. The Balaban J connectivity index is 1.86. The number of terminal acetylenes is 1. The molecule has 3 rings (SSSR count). The molecule has 0 atom stereocenters. The molecule has 196 valence electrons. The molecule has 0 saturated heterocycles. The molecule has 0 saturated carbocycles. The molecule has 38 heavy (non-hydrogen) atoms. The first-order valence-electron chi connectivity index (χ1n) is 11.7. The molecule has 0 bridgehead atoms. The van der Waals surface area contributed by atoms with Gasteiger partial charge in [-0.3, -0.25) is 14.5 Å². The molecule has 0 fully saturated rings. The van der Waals surface area contributed by atoms with E-state index >= 15 is 4.39 Å². The van der Waals surface area contributed by atoms with Gasteiger partial charge < -0.3 is 15.2 Å². The van der Waals surface area contributed by atoms with Crippen LogP contribution < -0.4 is 10.2 Å². The van der Waals surface area contributed by atoms with E-state index in [2.05, 4.69) is 26.2 Å². The number of carbonyl (C=O) groups excluding carboxylic acids is 2. The van der Waals surface area contributed by atoms with Crippen LogP contribution in [0.2, 0.25) is 5.02 Å². The van der Waals surface area contributed by atoms with Gasteiger partial charge in [0, 0.05) is 25.4 Å². The zero-order valence-corrected chi connectivity index (χ0v) is 22.1. The van der Waals surface area contributed by atoms with Crippen molar-refractivity contribution in [1.29, 1.82) is 0 Å². The Morgan fingerprint density at radius 2 is 1.89 bits per heavy atom. The standard InChI is InChI=1S/C28H28ClFN6O2/c1-5-20-7-10-25(23(15-20)28(38)33-27-12-9-22(29)18-31-27)36(19-37)26-11-8-21(16-24(26)30)17-32-35(4)14-6-13-34(2)3/h1,7-12,15-19H,6,13-14H2,2-4H3,(H,31,33,38). The van der Waals surface area contributed by atoms with Crippen molar-refractivity contribution in [1.82, 2.24) is 14.9 Å². The van der Waals surface area contributed by atoms with Crippen molar-refractivity contribution in [2.45, 2.75) is 6.42 Å². The van der Waals surface area contributed by atoms with Crippen LogP contribution >= 0.6 is 11.6 Å². The minimum atomic E-state index is -0.664. The average molecular weight is 535 g/mol. The van der Waals surface area contributed by atoms with Crippen molar-refractivity contribution < 1.29 is 14.0 Å². The number of pyridine rings is 1. The van der Waals surface area contributed by atoms with Gasteiger partial charge in [-0.05, 0) is 75.1 Å². The molecular weight excluding hydrogens is 507 g/mol. The van der Waals surface area contributed by atoms with E-state index in [-0.39, 0.29) is 22.8 Å². The fraction of sp³-hybridized carbons (Fsp3) is 0.214. The fourth-order valence-electron chi connectivity index (χ4n) is 3.53. The predicted octanol–water partition coefficient (Wildman–Crippen LogP) is 4.62. The number of anilines is 3. The number of aromatic nitrogens is 1. The van der Waals surface area contributed by atoms with Crippen molar-refractivity contribution in [2.75, 3.05) is 44.4 Å². The summed E-state index contributed by atoms with van der Waals surface area (Å²) in [7, 11) is 5.86. The number of halogens is 2. The maximum Gasteiger partial charge on any atom is 0.258 e. The van der Waals surface area contributed by atoms with Crippen molar-refractivity contribution in [3.63, 3.8) is 0 Å². The molecule has 8 nitrogen and oxygen atoms in total. The minimum Gasteiger partial charge on any atom is -0.309 e. The first kappa shape index (κ1) is 28.3. The molecule has 3 aromatic rings. The van der Waals surface area contributed by atoms with Crippen LogP contribution in [0.5, 0.6) is 0 Å². The van der Waals surface area contributed by atoms with E-state index in [1.54, 1.807) is 29.4 Å². The second-order valence-electron chi connectivity index (χ2n) is 8.66. The van der Waals surface area contributed by atoms with Crippen molar-refractivity contribution >= 4 is 47.3 Å². The Kier molecular flexibility index (Phi) is 9.93. The van der Waals surface area contributed by atoms with Gasteiger partial charge in [-0.1, -0.05) is 23.6 Å². The van der Waals surface area contributed by atoms with E-state index in [9.17, 15) is 9.59 Å². The van der Waals surface area contributed by atoms with E-state index in [1.807, 2.05) is 21.1 Å². The largest absolute Gasteiger partial charge is 0.309 e. The third kappa shape index (κ3) is 7.62. The minimum absolute atomic E-state index is 0.0383. The number of hydrogen-bond acceptors (Lipinski definition) is 6. The van der Waals surface area contributed by atoms with E-state index < -0.39 is 11.7 Å². The highest BCUT2D eigenvalue weighted by Gasteiger charge is 2.21. The summed E-state index contributed by atoms with van der Waals surface area (Å²) < 4.78 is 15.2. The SMILES string of the molecule is C#Cc1ccc(N(C=O)c2ccc(C=NN(C)CCCN(C)C)cc2F)c(C(=O)Nc2ccc(Cl)cn2)c1. The van der Waals surface area contributed by atoms with E-state index in [4.69, 9.17) is 18.0 Å². The summed E-state index contributed by atoms with van der Waals surface area (Å²) >= 11 is 5.86. The highest BCUT2D eigenvalue weighted by atomic mass is 35.5. The number of benzene rings is 2. The van der Waals surface area contributed by atoms with Crippen LogP contribution in [-0.4, -0.2) is 67.7 Å². The number of hydrogen-bond donors (Lipinski definition) is 1. The summed E-state index contributed by atoms with van der Waals surface area (Å²) in [6.07, 6.45) is 9.82. The number of amides is 2.